The third-order valence-electron chi connectivity index (χ3n) is 4.22. The quantitative estimate of drug-likeness (QED) is 0.586. The SMILES string of the molecule is CCNC(=NCc1cccc(OCC(=O)N(C)C)c1)NC1CCCC1. The predicted octanol–water partition coefficient (Wildman–Crippen LogP) is 2.15. The third-order valence-corrected chi connectivity index (χ3v) is 4.22. The zero-order valence-electron chi connectivity index (χ0n) is 15.5. The van der Waals surface area contributed by atoms with E-state index in [2.05, 4.69) is 22.5 Å². The maximum atomic E-state index is 11.6. The minimum atomic E-state index is -0.0568. The lowest BCUT2D eigenvalue weighted by Crippen LogP contribution is -2.42. The Balaban J connectivity index is 1.92. The molecule has 6 nitrogen and oxygen atoms in total. The molecular weight excluding hydrogens is 316 g/mol. The Labute approximate surface area is 150 Å². The fraction of sp³-hybridized carbons (Fsp3) is 0.579. The maximum absolute atomic E-state index is 11.6. The number of nitrogens with one attached hydrogen (secondary N) is 2. The van der Waals surface area contributed by atoms with Crippen molar-refractivity contribution in [2.75, 3.05) is 27.2 Å². The van der Waals surface area contributed by atoms with Gasteiger partial charge in [-0.05, 0) is 37.5 Å². The summed E-state index contributed by atoms with van der Waals surface area (Å²) in [6.07, 6.45) is 5.02. The molecule has 0 unspecified atom stereocenters. The highest BCUT2D eigenvalue weighted by atomic mass is 16.5. The van der Waals surface area contributed by atoms with Gasteiger partial charge in [-0.3, -0.25) is 4.79 Å². The molecule has 1 amide bonds. The van der Waals surface area contributed by atoms with Crippen molar-refractivity contribution >= 4 is 11.9 Å². The van der Waals surface area contributed by atoms with E-state index in [1.807, 2.05) is 24.3 Å². The average molecular weight is 346 g/mol. The first kappa shape index (κ1) is 19.1. The molecular formula is C19H30N4O2. The Hall–Kier alpha value is -2.24. The minimum Gasteiger partial charge on any atom is -0.484 e. The van der Waals surface area contributed by atoms with Crippen LogP contribution < -0.4 is 15.4 Å². The van der Waals surface area contributed by atoms with Crippen LogP contribution in [0, 0.1) is 0 Å². The molecule has 0 spiro atoms. The Kier molecular flexibility index (Phi) is 7.57. The first-order chi connectivity index (χ1) is 12.1. The van der Waals surface area contributed by atoms with E-state index >= 15 is 0 Å². The van der Waals surface area contributed by atoms with E-state index in [1.54, 1.807) is 14.1 Å². The van der Waals surface area contributed by atoms with E-state index in [4.69, 9.17) is 4.74 Å². The minimum absolute atomic E-state index is 0.0472. The van der Waals surface area contributed by atoms with Gasteiger partial charge in [0.15, 0.2) is 12.6 Å². The highest BCUT2D eigenvalue weighted by Crippen LogP contribution is 2.18. The van der Waals surface area contributed by atoms with Gasteiger partial charge in [-0.25, -0.2) is 4.99 Å². The van der Waals surface area contributed by atoms with Crippen LogP contribution in [-0.2, 0) is 11.3 Å². The lowest BCUT2D eigenvalue weighted by molar-refractivity contribution is -0.130. The second kappa shape index (κ2) is 9.91. The normalized spacial score (nSPS) is 15.1. The summed E-state index contributed by atoms with van der Waals surface area (Å²) < 4.78 is 5.56. The summed E-state index contributed by atoms with van der Waals surface area (Å²) in [5.74, 6) is 1.50. The van der Waals surface area contributed by atoms with Gasteiger partial charge in [-0.1, -0.05) is 25.0 Å². The van der Waals surface area contributed by atoms with Crippen LogP contribution >= 0.6 is 0 Å². The van der Waals surface area contributed by atoms with Gasteiger partial charge < -0.3 is 20.3 Å². The predicted molar refractivity (Wildman–Crippen MR) is 101 cm³/mol. The van der Waals surface area contributed by atoms with Gasteiger partial charge in [-0.15, -0.1) is 0 Å². The summed E-state index contributed by atoms with van der Waals surface area (Å²) in [7, 11) is 3.44. The topological polar surface area (TPSA) is 66.0 Å². The van der Waals surface area contributed by atoms with Crippen molar-refractivity contribution in [3.05, 3.63) is 29.8 Å². The molecule has 2 rings (SSSR count). The molecule has 1 saturated carbocycles. The van der Waals surface area contributed by atoms with Crippen molar-refractivity contribution in [3.8, 4) is 5.75 Å². The lowest BCUT2D eigenvalue weighted by Gasteiger charge is -2.16. The average Bonchev–Trinajstić information content (AvgIpc) is 3.11. The molecule has 1 aliphatic carbocycles. The fourth-order valence-electron chi connectivity index (χ4n) is 2.76. The number of carbonyl (C=O) groups is 1. The van der Waals surface area contributed by atoms with Crippen molar-refractivity contribution < 1.29 is 9.53 Å². The van der Waals surface area contributed by atoms with Gasteiger partial charge in [0.05, 0.1) is 6.54 Å². The Morgan fingerprint density at radius 3 is 2.76 bits per heavy atom. The van der Waals surface area contributed by atoms with Crippen LogP contribution in [-0.4, -0.2) is 50.1 Å². The second-order valence-corrected chi connectivity index (χ2v) is 6.55. The lowest BCUT2D eigenvalue weighted by atomic mass is 10.2. The summed E-state index contributed by atoms with van der Waals surface area (Å²) in [5, 5.41) is 6.82. The summed E-state index contributed by atoms with van der Waals surface area (Å²) in [6.45, 7) is 3.53. The van der Waals surface area contributed by atoms with E-state index in [0.717, 1.165) is 18.1 Å². The van der Waals surface area contributed by atoms with Crippen molar-refractivity contribution in [3.63, 3.8) is 0 Å². The number of hydrogen-bond donors (Lipinski definition) is 2. The van der Waals surface area contributed by atoms with Crippen molar-refractivity contribution in [1.82, 2.24) is 15.5 Å². The van der Waals surface area contributed by atoms with Crippen LogP contribution in [0.15, 0.2) is 29.3 Å². The molecule has 0 aliphatic heterocycles. The number of carbonyl (C=O) groups excluding carboxylic acids is 1. The maximum Gasteiger partial charge on any atom is 0.259 e. The Morgan fingerprint density at radius 1 is 1.32 bits per heavy atom. The summed E-state index contributed by atoms with van der Waals surface area (Å²) >= 11 is 0. The molecule has 0 bridgehead atoms. The van der Waals surface area contributed by atoms with E-state index in [1.165, 1.54) is 30.6 Å². The van der Waals surface area contributed by atoms with Crippen molar-refractivity contribution in [1.29, 1.82) is 0 Å². The molecule has 25 heavy (non-hydrogen) atoms. The molecule has 1 aromatic carbocycles. The molecule has 2 N–H and O–H groups in total. The Bertz CT molecular complexity index is 581. The smallest absolute Gasteiger partial charge is 0.259 e. The first-order valence-electron chi connectivity index (χ1n) is 9.05. The van der Waals surface area contributed by atoms with Crippen LogP contribution in [0.5, 0.6) is 5.75 Å². The van der Waals surface area contributed by atoms with Crippen LogP contribution in [0.4, 0.5) is 0 Å². The first-order valence-corrected chi connectivity index (χ1v) is 9.05. The number of aliphatic imine (C=N–C) groups is 1. The van der Waals surface area contributed by atoms with Crippen LogP contribution in [0.25, 0.3) is 0 Å². The number of guanidine groups is 1. The number of ether oxygens (including phenoxy) is 1. The zero-order valence-corrected chi connectivity index (χ0v) is 15.5. The molecule has 1 aliphatic rings. The number of amides is 1. The number of rotatable bonds is 7. The van der Waals surface area contributed by atoms with Gasteiger partial charge in [-0.2, -0.15) is 0 Å². The largest absolute Gasteiger partial charge is 0.484 e. The molecule has 138 valence electrons. The third kappa shape index (κ3) is 6.64. The second-order valence-electron chi connectivity index (χ2n) is 6.55. The highest BCUT2D eigenvalue weighted by molar-refractivity contribution is 5.80. The molecule has 0 heterocycles. The van der Waals surface area contributed by atoms with Gasteiger partial charge in [0, 0.05) is 26.7 Å². The molecule has 0 atom stereocenters. The van der Waals surface area contributed by atoms with E-state index in [9.17, 15) is 4.79 Å². The number of benzene rings is 1. The van der Waals surface area contributed by atoms with Gasteiger partial charge in [0.1, 0.15) is 5.75 Å². The molecule has 1 aromatic rings. The summed E-state index contributed by atoms with van der Waals surface area (Å²) in [6, 6.07) is 8.27. The molecule has 0 aromatic heterocycles. The molecule has 1 fully saturated rings. The summed E-state index contributed by atoms with van der Waals surface area (Å²) in [4.78, 5) is 17.8. The monoisotopic (exact) mass is 346 g/mol. The van der Waals surface area contributed by atoms with Crippen LogP contribution in [0.3, 0.4) is 0 Å². The van der Waals surface area contributed by atoms with Crippen molar-refractivity contribution in [2.45, 2.75) is 45.2 Å². The van der Waals surface area contributed by atoms with E-state index < -0.39 is 0 Å². The molecule has 0 saturated heterocycles. The molecule has 0 radical (unpaired) electrons. The fourth-order valence-corrected chi connectivity index (χ4v) is 2.76. The van der Waals surface area contributed by atoms with E-state index in [0.29, 0.717) is 18.3 Å². The van der Waals surface area contributed by atoms with Crippen LogP contribution in [0.2, 0.25) is 0 Å². The van der Waals surface area contributed by atoms with E-state index in [-0.39, 0.29) is 12.5 Å². The number of hydrogen-bond acceptors (Lipinski definition) is 3. The summed E-state index contributed by atoms with van der Waals surface area (Å²) in [5.41, 5.74) is 1.05. The Morgan fingerprint density at radius 2 is 2.08 bits per heavy atom. The standard InChI is InChI=1S/C19H30N4O2/c1-4-20-19(22-16-9-5-6-10-16)21-13-15-8-7-11-17(12-15)25-14-18(24)23(2)3/h7-8,11-12,16H,4-6,9-10,13-14H2,1-3H3,(H2,20,21,22). The number of likely N-dealkylation sites (N-methyl/N-ethyl adjacent to an activating group) is 1. The zero-order chi connectivity index (χ0) is 18.1. The highest BCUT2D eigenvalue weighted by Gasteiger charge is 2.15. The van der Waals surface area contributed by atoms with Gasteiger partial charge in [0.2, 0.25) is 0 Å². The molecule has 6 heteroatoms. The van der Waals surface area contributed by atoms with Crippen molar-refractivity contribution in [2.24, 2.45) is 4.99 Å². The van der Waals surface area contributed by atoms with Crippen LogP contribution in [0.1, 0.15) is 38.2 Å². The van der Waals surface area contributed by atoms with Gasteiger partial charge >= 0.3 is 0 Å². The number of nitrogens with zero attached hydrogens (tertiary/aromatic N) is 2. The van der Waals surface area contributed by atoms with Gasteiger partial charge in [0.25, 0.3) is 5.91 Å².